The number of aliphatic hydroxyl groups excluding tert-OH is 1. The van der Waals surface area contributed by atoms with Gasteiger partial charge in [0.25, 0.3) is 9.84 Å². The van der Waals surface area contributed by atoms with Crippen molar-refractivity contribution in [1.82, 2.24) is 0 Å². The van der Waals surface area contributed by atoms with E-state index in [1.165, 1.54) is 42.5 Å². The molecule has 0 radical (unpaired) electrons. The highest BCUT2D eigenvalue weighted by molar-refractivity contribution is 7.92. The van der Waals surface area contributed by atoms with Crippen LogP contribution in [0, 0.1) is 10.1 Å². The van der Waals surface area contributed by atoms with E-state index in [1.807, 2.05) is 0 Å². The Morgan fingerprint density at radius 3 is 2.04 bits per heavy atom. The first-order chi connectivity index (χ1) is 11.4. The minimum atomic E-state index is -4.95. The number of alkyl halides is 1. The van der Waals surface area contributed by atoms with Crippen molar-refractivity contribution in [2.24, 2.45) is 0 Å². The SMILES string of the molecule is O=[N+]([O-])[C@](F)([C@@H](CCO)c1ccccc1)S(=O)(=O)c1ccccc1. The average molecular weight is 353 g/mol. The van der Waals surface area contributed by atoms with Crippen LogP contribution in [0.1, 0.15) is 17.9 Å². The molecule has 0 spiro atoms. The summed E-state index contributed by atoms with van der Waals surface area (Å²) in [6.45, 7) is -0.594. The number of nitrogens with zero attached hydrogens (tertiary/aromatic N) is 1. The quantitative estimate of drug-likeness (QED) is 0.469. The molecule has 24 heavy (non-hydrogen) atoms. The molecule has 0 saturated carbocycles. The standard InChI is InChI=1S/C16H16FNO5S/c17-16(18(20)21,24(22,23)14-9-5-2-6-10-14)15(11-12-19)13-7-3-1-4-8-13/h1-10,15,19H,11-12H2/t15-,16+/m0/s1. The third kappa shape index (κ3) is 3.02. The normalized spacial score (nSPS) is 15.4. The summed E-state index contributed by atoms with van der Waals surface area (Å²) in [7, 11) is -4.95. The lowest BCUT2D eigenvalue weighted by Crippen LogP contribution is -2.47. The summed E-state index contributed by atoms with van der Waals surface area (Å²) in [5.74, 6) is -1.65. The molecule has 0 fully saturated rings. The summed E-state index contributed by atoms with van der Waals surface area (Å²) in [6.07, 6.45) is -0.409. The monoisotopic (exact) mass is 353 g/mol. The van der Waals surface area contributed by atoms with Crippen molar-refractivity contribution in [3.05, 3.63) is 76.3 Å². The Kier molecular flexibility index (Phi) is 5.30. The highest BCUT2D eigenvalue weighted by atomic mass is 32.2. The number of halogens is 1. The lowest BCUT2D eigenvalue weighted by Gasteiger charge is -2.26. The van der Waals surface area contributed by atoms with Gasteiger partial charge in [-0.05, 0) is 24.1 Å². The highest BCUT2D eigenvalue weighted by Gasteiger charge is 2.63. The van der Waals surface area contributed by atoms with Gasteiger partial charge in [-0.1, -0.05) is 48.5 Å². The van der Waals surface area contributed by atoms with E-state index in [4.69, 9.17) is 0 Å². The molecule has 0 bridgehead atoms. The van der Waals surface area contributed by atoms with E-state index in [1.54, 1.807) is 6.07 Å². The summed E-state index contributed by atoms with van der Waals surface area (Å²) < 4.78 is 40.9. The van der Waals surface area contributed by atoms with Gasteiger partial charge in [0.05, 0.1) is 9.82 Å². The van der Waals surface area contributed by atoms with Crippen LogP contribution in [0.2, 0.25) is 0 Å². The van der Waals surface area contributed by atoms with Crippen LogP contribution in [0.15, 0.2) is 65.6 Å². The van der Waals surface area contributed by atoms with E-state index in [2.05, 4.69) is 0 Å². The molecule has 0 aliphatic rings. The van der Waals surface area contributed by atoms with Crippen molar-refractivity contribution in [3.8, 4) is 0 Å². The zero-order chi connectivity index (χ0) is 17.8. The molecule has 0 aliphatic heterocycles. The molecule has 0 heterocycles. The third-order valence-electron chi connectivity index (χ3n) is 3.73. The van der Waals surface area contributed by atoms with E-state index >= 15 is 4.39 Å². The van der Waals surface area contributed by atoms with E-state index in [0.717, 1.165) is 12.1 Å². The van der Waals surface area contributed by atoms with Gasteiger partial charge < -0.3 is 5.11 Å². The molecule has 0 unspecified atom stereocenters. The Morgan fingerprint density at radius 1 is 1.08 bits per heavy atom. The van der Waals surface area contributed by atoms with E-state index in [0.29, 0.717) is 0 Å². The zero-order valence-corrected chi connectivity index (χ0v) is 13.4. The Morgan fingerprint density at radius 2 is 1.58 bits per heavy atom. The van der Waals surface area contributed by atoms with Crippen LogP contribution in [0.5, 0.6) is 0 Å². The number of hydrogen-bond donors (Lipinski definition) is 1. The first-order valence-electron chi connectivity index (χ1n) is 7.14. The van der Waals surface area contributed by atoms with Crippen molar-refractivity contribution in [2.45, 2.75) is 22.4 Å². The summed E-state index contributed by atoms with van der Waals surface area (Å²) in [5.41, 5.74) is 0.130. The molecule has 2 aromatic rings. The van der Waals surface area contributed by atoms with Crippen LogP contribution in [0.4, 0.5) is 4.39 Å². The molecule has 0 aliphatic carbocycles. The Bertz CT molecular complexity index is 798. The number of hydrogen-bond acceptors (Lipinski definition) is 5. The van der Waals surface area contributed by atoms with Gasteiger partial charge in [0.2, 0.25) is 0 Å². The van der Waals surface area contributed by atoms with E-state index in [9.17, 15) is 23.6 Å². The predicted octanol–water partition coefficient (Wildman–Crippen LogP) is 2.53. The van der Waals surface area contributed by atoms with Gasteiger partial charge in [-0.2, -0.15) is 0 Å². The molecule has 128 valence electrons. The smallest absolute Gasteiger partial charge is 0.396 e. The fourth-order valence-corrected chi connectivity index (χ4v) is 4.21. The van der Waals surface area contributed by atoms with Gasteiger partial charge in [0.15, 0.2) is 0 Å². The van der Waals surface area contributed by atoms with Crippen LogP contribution in [-0.4, -0.2) is 30.2 Å². The second kappa shape index (κ2) is 7.06. The molecule has 6 nitrogen and oxygen atoms in total. The van der Waals surface area contributed by atoms with E-state index < -0.39 is 43.7 Å². The predicted molar refractivity (Wildman–Crippen MR) is 85.3 cm³/mol. The summed E-state index contributed by atoms with van der Waals surface area (Å²) in [5, 5.41) is 16.9. The highest BCUT2D eigenvalue weighted by Crippen LogP contribution is 2.42. The van der Waals surface area contributed by atoms with Crippen molar-refractivity contribution in [2.75, 3.05) is 6.61 Å². The third-order valence-corrected chi connectivity index (χ3v) is 5.81. The Balaban J connectivity index is 2.67. The maximum Gasteiger partial charge on any atom is 0.469 e. The van der Waals surface area contributed by atoms with Crippen LogP contribution >= 0.6 is 0 Å². The van der Waals surface area contributed by atoms with Crippen molar-refractivity contribution in [1.29, 1.82) is 0 Å². The fourth-order valence-electron chi connectivity index (χ4n) is 2.54. The molecule has 0 aromatic heterocycles. The topological polar surface area (TPSA) is 97.5 Å². The summed E-state index contributed by atoms with van der Waals surface area (Å²) >= 11 is 0. The largest absolute Gasteiger partial charge is 0.469 e. The van der Waals surface area contributed by atoms with Gasteiger partial charge >= 0.3 is 5.12 Å². The number of sulfone groups is 1. The molecular formula is C16H16FNO5S. The van der Waals surface area contributed by atoms with Gasteiger partial charge in [-0.3, -0.25) is 10.1 Å². The van der Waals surface area contributed by atoms with E-state index in [-0.39, 0.29) is 5.56 Å². The fraction of sp³-hybridized carbons (Fsp3) is 0.250. The minimum Gasteiger partial charge on any atom is -0.396 e. The maximum atomic E-state index is 15.5. The number of benzene rings is 2. The second-order valence-electron chi connectivity index (χ2n) is 5.16. The van der Waals surface area contributed by atoms with Crippen LogP contribution in [0.25, 0.3) is 0 Å². The molecule has 1 N–H and O–H groups in total. The summed E-state index contributed by atoms with van der Waals surface area (Å²) in [4.78, 5) is 9.59. The van der Waals surface area contributed by atoms with Gasteiger partial charge in [-0.15, -0.1) is 4.39 Å². The lowest BCUT2D eigenvalue weighted by atomic mass is 9.95. The number of aliphatic hydroxyl groups is 1. The molecular weight excluding hydrogens is 337 g/mol. The molecule has 8 heteroatoms. The molecule has 2 aromatic carbocycles. The molecule has 0 saturated heterocycles. The van der Waals surface area contributed by atoms with Crippen LogP contribution in [-0.2, 0) is 9.84 Å². The van der Waals surface area contributed by atoms with Crippen LogP contribution in [0.3, 0.4) is 0 Å². The first-order valence-corrected chi connectivity index (χ1v) is 8.63. The number of rotatable bonds is 7. The Hall–Kier alpha value is -2.32. The van der Waals surface area contributed by atoms with Crippen molar-refractivity contribution >= 4 is 9.84 Å². The minimum absolute atomic E-state index is 0.130. The average Bonchev–Trinajstić information content (AvgIpc) is 2.60. The maximum absolute atomic E-state index is 15.5. The molecule has 0 amide bonds. The lowest BCUT2D eigenvalue weighted by molar-refractivity contribution is -0.579. The molecule has 2 rings (SSSR count). The first kappa shape index (κ1) is 18.0. The second-order valence-corrected chi connectivity index (χ2v) is 7.21. The van der Waals surface area contributed by atoms with Gasteiger partial charge in [0, 0.05) is 6.61 Å². The zero-order valence-electron chi connectivity index (χ0n) is 12.6. The molecule has 2 atom stereocenters. The van der Waals surface area contributed by atoms with Crippen molar-refractivity contribution < 1.29 is 22.8 Å². The van der Waals surface area contributed by atoms with Gasteiger partial charge in [-0.25, -0.2) is 8.42 Å². The van der Waals surface area contributed by atoms with Crippen LogP contribution < -0.4 is 0 Å². The van der Waals surface area contributed by atoms with Gasteiger partial charge in [0.1, 0.15) is 5.92 Å². The number of nitro groups is 1. The Labute approximate surface area is 138 Å². The summed E-state index contributed by atoms with van der Waals surface area (Å²) in [6, 6.07) is 13.9. The van der Waals surface area contributed by atoms with Crippen molar-refractivity contribution in [3.63, 3.8) is 0 Å².